The van der Waals surface area contributed by atoms with Crippen LogP contribution in [0.2, 0.25) is 0 Å². The van der Waals surface area contributed by atoms with Gasteiger partial charge in [0.1, 0.15) is 0 Å². The molecule has 0 atom stereocenters. The Bertz CT molecular complexity index is 320. The van der Waals surface area contributed by atoms with Crippen LogP contribution in [-0.2, 0) is 16.5 Å². The standard InChI is InChI=1S/C6H11IO4Si4/c7-5-3-1-2-4-6(5)15-10-13-8-12-9-14-11-15/h1-4,15H,12-14H2. The van der Waals surface area contributed by atoms with Crippen molar-refractivity contribution >= 4 is 67.1 Å². The third-order valence-electron chi connectivity index (χ3n) is 1.93. The van der Waals surface area contributed by atoms with Crippen molar-refractivity contribution in [3.05, 3.63) is 27.8 Å². The minimum Gasteiger partial charge on any atom is -0.425 e. The summed E-state index contributed by atoms with van der Waals surface area (Å²) in [6.07, 6.45) is 0. The summed E-state index contributed by atoms with van der Waals surface area (Å²) in [4.78, 5) is 0. The van der Waals surface area contributed by atoms with Crippen LogP contribution >= 0.6 is 22.6 Å². The fourth-order valence-corrected chi connectivity index (χ4v) is 11.2. The van der Waals surface area contributed by atoms with Crippen molar-refractivity contribution in [1.82, 2.24) is 0 Å². The van der Waals surface area contributed by atoms with Gasteiger partial charge in [0.2, 0.25) is 0 Å². The van der Waals surface area contributed by atoms with Crippen LogP contribution in [-0.4, -0.2) is 39.3 Å². The lowest BCUT2D eigenvalue weighted by Gasteiger charge is -2.21. The Morgan fingerprint density at radius 3 is 2.33 bits per heavy atom. The molecule has 0 spiro atoms. The quantitative estimate of drug-likeness (QED) is 0.406. The van der Waals surface area contributed by atoms with E-state index in [1.54, 1.807) is 0 Å². The molecule has 0 amide bonds. The number of hydrogen-bond donors (Lipinski definition) is 0. The van der Waals surface area contributed by atoms with Gasteiger partial charge in [0.15, 0.2) is 0 Å². The maximum absolute atomic E-state index is 5.77. The van der Waals surface area contributed by atoms with Gasteiger partial charge in [-0.3, -0.25) is 0 Å². The van der Waals surface area contributed by atoms with Crippen LogP contribution in [0.5, 0.6) is 0 Å². The van der Waals surface area contributed by atoms with Gasteiger partial charge in [0, 0.05) is 8.76 Å². The van der Waals surface area contributed by atoms with E-state index in [2.05, 4.69) is 34.7 Å². The van der Waals surface area contributed by atoms with Crippen molar-refractivity contribution in [3.8, 4) is 0 Å². The minimum atomic E-state index is -1.71. The molecule has 0 saturated carbocycles. The minimum absolute atomic E-state index is 0.767. The summed E-state index contributed by atoms with van der Waals surface area (Å²) in [6.45, 7) is 0. The lowest BCUT2D eigenvalue weighted by Crippen LogP contribution is -2.43. The van der Waals surface area contributed by atoms with Gasteiger partial charge in [-0.1, -0.05) is 18.2 Å². The van der Waals surface area contributed by atoms with Gasteiger partial charge in [-0.15, -0.1) is 0 Å². The van der Waals surface area contributed by atoms with Gasteiger partial charge >= 0.3 is 9.28 Å². The van der Waals surface area contributed by atoms with Crippen LogP contribution in [0.15, 0.2) is 24.3 Å². The second-order valence-corrected chi connectivity index (χ2v) is 12.0. The van der Waals surface area contributed by atoms with E-state index in [1.807, 2.05) is 12.1 Å². The van der Waals surface area contributed by atoms with Crippen LogP contribution in [0, 0.1) is 3.57 Å². The summed E-state index contributed by atoms with van der Waals surface area (Å²) in [5.41, 5.74) is 0. The predicted octanol–water partition coefficient (Wildman–Crippen LogP) is -2.20. The highest BCUT2D eigenvalue weighted by Gasteiger charge is 2.20. The maximum Gasteiger partial charge on any atom is 0.338 e. The van der Waals surface area contributed by atoms with E-state index in [4.69, 9.17) is 16.5 Å². The summed E-state index contributed by atoms with van der Waals surface area (Å²) < 4.78 is 23.5. The van der Waals surface area contributed by atoms with Gasteiger partial charge < -0.3 is 16.5 Å². The Hall–Kier alpha value is 0.658. The Kier molecular flexibility index (Phi) is 5.18. The number of benzene rings is 1. The molecule has 4 nitrogen and oxygen atoms in total. The van der Waals surface area contributed by atoms with Crippen molar-refractivity contribution in [3.63, 3.8) is 0 Å². The molecule has 2 rings (SSSR count). The Labute approximate surface area is 111 Å². The van der Waals surface area contributed by atoms with Crippen LogP contribution in [0.25, 0.3) is 0 Å². The zero-order valence-corrected chi connectivity index (χ0v) is 15.6. The molecule has 0 aliphatic carbocycles. The summed E-state index contributed by atoms with van der Waals surface area (Å²) in [5.74, 6) is 0. The fourth-order valence-electron chi connectivity index (χ4n) is 1.24. The molecule has 0 radical (unpaired) electrons. The highest BCUT2D eigenvalue weighted by molar-refractivity contribution is 14.1. The average molecular weight is 386 g/mol. The highest BCUT2D eigenvalue weighted by atomic mass is 127. The highest BCUT2D eigenvalue weighted by Crippen LogP contribution is 2.04. The molecular formula is C6H11IO4Si4. The van der Waals surface area contributed by atoms with E-state index >= 15 is 0 Å². The van der Waals surface area contributed by atoms with Crippen LogP contribution in [0.4, 0.5) is 0 Å². The Balaban J connectivity index is 2.10. The molecule has 15 heavy (non-hydrogen) atoms. The number of hydrogen-bond acceptors (Lipinski definition) is 4. The maximum atomic E-state index is 5.77. The molecule has 1 fully saturated rings. The largest absolute Gasteiger partial charge is 0.425 e. The molecule has 0 bridgehead atoms. The molecule has 1 aliphatic heterocycles. The summed E-state index contributed by atoms with van der Waals surface area (Å²) in [5, 5.41) is 1.22. The smallest absolute Gasteiger partial charge is 0.338 e. The Morgan fingerprint density at radius 1 is 1.00 bits per heavy atom. The molecule has 1 aliphatic rings. The van der Waals surface area contributed by atoms with E-state index in [-0.39, 0.29) is 0 Å². The first-order valence-corrected chi connectivity index (χ1v) is 10.6. The lowest BCUT2D eigenvalue weighted by atomic mass is 10.4. The summed E-state index contributed by atoms with van der Waals surface area (Å²) in [7, 11) is -4.20. The molecule has 1 aromatic rings. The first kappa shape index (κ1) is 12.1. The third kappa shape index (κ3) is 3.57. The molecule has 9 heteroatoms. The monoisotopic (exact) mass is 386 g/mol. The second-order valence-electron chi connectivity index (χ2n) is 2.95. The van der Waals surface area contributed by atoms with E-state index in [0.717, 1.165) is 0 Å². The predicted molar refractivity (Wildman–Crippen MR) is 75.9 cm³/mol. The molecule has 1 saturated heterocycles. The molecule has 1 aromatic carbocycles. The molecule has 0 unspecified atom stereocenters. The Morgan fingerprint density at radius 2 is 1.67 bits per heavy atom. The van der Waals surface area contributed by atoms with Crippen molar-refractivity contribution in [2.45, 2.75) is 0 Å². The van der Waals surface area contributed by atoms with E-state index < -0.39 is 39.3 Å². The molecule has 82 valence electrons. The number of halogens is 1. The van der Waals surface area contributed by atoms with Crippen molar-refractivity contribution in [1.29, 1.82) is 0 Å². The molecule has 0 aromatic heterocycles. The zero-order chi connectivity index (χ0) is 10.5. The van der Waals surface area contributed by atoms with Crippen LogP contribution < -0.4 is 5.19 Å². The molecule has 0 N–H and O–H groups in total. The first-order chi connectivity index (χ1) is 7.38. The van der Waals surface area contributed by atoms with Gasteiger partial charge in [0.25, 0.3) is 30.0 Å². The zero-order valence-electron chi connectivity index (χ0n) is 8.02. The van der Waals surface area contributed by atoms with Gasteiger partial charge in [-0.05, 0) is 28.7 Å². The molecule has 1 heterocycles. The van der Waals surface area contributed by atoms with Crippen LogP contribution in [0.3, 0.4) is 0 Å². The number of rotatable bonds is 1. The summed E-state index contributed by atoms with van der Waals surface area (Å²) >= 11 is 2.32. The van der Waals surface area contributed by atoms with E-state index in [9.17, 15) is 0 Å². The van der Waals surface area contributed by atoms with Gasteiger partial charge in [-0.25, -0.2) is 0 Å². The average Bonchev–Trinajstić information content (AvgIpc) is 2.19. The third-order valence-corrected chi connectivity index (χ3v) is 10.7. The lowest BCUT2D eigenvalue weighted by molar-refractivity contribution is 0.337. The first-order valence-electron chi connectivity index (χ1n) is 4.51. The van der Waals surface area contributed by atoms with Crippen molar-refractivity contribution in [2.24, 2.45) is 0 Å². The van der Waals surface area contributed by atoms with Crippen LogP contribution in [0.1, 0.15) is 0 Å². The fraction of sp³-hybridized carbons (Fsp3) is 0. The van der Waals surface area contributed by atoms with Gasteiger partial charge in [-0.2, -0.15) is 0 Å². The normalized spacial score (nSPS) is 27.9. The van der Waals surface area contributed by atoms with Crippen molar-refractivity contribution in [2.75, 3.05) is 0 Å². The van der Waals surface area contributed by atoms with Crippen molar-refractivity contribution < 1.29 is 16.5 Å². The van der Waals surface area contributed by atoms with E-state index in [1.165, 1.54) is 8.76 Å². The second kappa shape index (κ2) is 6.41. The molecular weight excluding hydrogens is 375 g/mol. The summed E-state index contributed by atoms with van der Waals surface area (Å²) in [6, 6.07) is 8.21. The topological polar surface area (TPSA) is 36.9 Å². The van der Waals surface area contributed by atoms with Gasteiger partial charge in [0.05, 0.1) is 0 Å². The van der Waals surface area contributed by atoms with E-state index in [0.29, 0.717) is 0 Å². The SMILES string of the molecule is Ic1ccccc1[SiH]1O[SiH2]O[SiH2]O[SiH2]O1.